The van der Waals surface area contributed by atoms with Crippen molar-refractivity contribution in [3.8, 4) is 0 Å². The van der Waals surface area contributed by atoms with Crippen LogP contribution in [0.3, 0.4) is 0 Å². The SMILES string of the molecule is CCn1c(NC(=O)CN2CCCCC(O)C2=O)nc2ccc(F)cc21. The molecule has 1 aromatic carbocycles. The molecule has 1 aliphatic rings. The van der Waals surface area contributed by atoms with Crippen LogP contribution in [-0.2, 0) is 16.1 Å². The van der Waals surface area contributed by atoms with Gasteiger partial charge in [-0.15, -0.1) is 0 Å². The molecule has 0 radical (unpaired) electrons. The van der Waals surface area contributed by atoms with E-state index in [0.29, 0.717) is 36.5 Å². The summed E-state index contributed by atoms with van der Waals surface area (Å²) in [6.07, 6.45) is 0.887. The molecule has 3 rings (SSSR count). The quantitative estimate of drug-likeness (QED) is 0.877. The second kappa shape index (κ2) is 7.18. The van der Waals surface area contributed by atoms with Crippen LogP contribution >= 0.6 is 0 Å². The van der Waals surface area contributed by atoms with Gasteiger partial charge in [0.1, 0.15) is 18.5 Å². The smallest absolute Gasteiger partial charge is 0.251 e. The average Bonchev–Trinajstić information content (AvgIpc) is 2.84. The van der Waals surface area contributed by atoms with Crippen LogP contribution in [0.2, 0.25) is 0 Å². The van der Waals surface area contributed by atoms with E-state index >= 15 is 0 Å². The third kappa shape index (κ3) is 3.63. The fourth-order valence-corrected chi connectivity index (χ4v) is 3.09. The van der Waals surface area contributed by atoms with E-state index in [2.05, 4.69) is 10.3 Å². The Morgan fingerprint density at radius 3 is 3.00 bits per heavy atom. The number of aliphatic hydroxyl groups is 1. The number of likely N-dealkylation sites (tertiary alicyclic amines) is 1. The van der Waals surface area contributed by atoms with E-state index in [0.717, 1.165) is 12.8 Å². The van der Waals surface area contributed by atoms with Crippen molar-refractivity contribution in [1.82, 2.24) is 14.5 Å². The first kappa shape index (κ1) is 17.3. The van der Waals surface area contributed by atoms with E-state index in [-0.39, 0.29) is 12.4 Å². The third-order valence-corrected chi connectivity index (χ3v) is 4.36. The number of fused-ring (bicyclic) bond motifs is 1. The standard InChI is InChI=1S/C17H21FN4O3/c1-2-22-13-9-11(18)6-7-12(13)19-17(22)20-15(24)10-21-8-4-3-5-14(23)16(21)25/h6-7,9,14,23H,2-5,8,10H2,1H3,(H,19,20,24). The molecule has 2 aromatic rings. The van der Waals surface area contributed by atoms with Crippen molar-refractivity contribution < 1.29 is 19.1 Å². The minimum atomic E-state index is -1.04. The van der Waals surface area contributed by atoms with Crippen molar-refractivity contribution in [2.75, 3.05) is 18.4 Å². The van der Waals surface area contributed by atoms with Crippen molar-refractivity contribution in [1.29, 1.82) is 0 Å². The zero-order valence-electron chi connectivity index (χ0n) is 14.0. The zero-order chi connectivity index (χ0) is 18.0. The van der Waals surface area contributed by atoms with Crippen molar-refractivity contribution >= 4 is 28.8 Å². The molecule has 1 atom stereocenters. The third-order valence-electron chi connectivity index (χ3n) is 4.36. The highest BCUT2D eigenvalue weighted by Gasteiger charge is 2.26. The number of carbonyl (C=O) groups is 2. The molecule has 1 aromatic heterocycles. The number of anilines is 1. The van der Waals surface area contributed by atoms with Crippen molar-refractivity contribution in [3.63, 3.8) is 0 Å². The van der Waals surface area contributed by atoms with E-state index in [9.17, 15) is 19.1 Å². The lowest BCUT2D eigenvalue weighted by atomic mass is 10.2. The summed E-state index contributed by atoms with van der Waals surface area (Å²) < 4.78 is 15.2. The Morgan fingerprint density at radius 1 is 1.44 bits per heavy atom. The number of aromatic nitrogens is 2. The summed E-state index contributed by atoms with van der Waals surface area (Å²) in [6.45, 7) is 2.68. The number of aliphatic hydroxyl groups excluding tert-OH is 1. The average molecular weight is 348 g/mol. The van der Waals surface area contributed by atoms with Crippen molar-refractivity contribution in [3.05, 3.63) is 24.0 Å². The summed E-state index contributed by atoms with van der Waals surface area (Å²) in [6, 6.07) is 4.25. The maximum Gasteiger partial charge on any atom is 0.251 e. The summed E-state index contributed by atoms with van der Waals surface area (Å²) in [4.78, 5) is 30.1. The fourth-order valence-electron chi connectivity index (χ4n) is 3.09. The molecule has 0 saturated carbocycles. The first-order valence-corrected chi connectivity index (χ1v) is 8.42. The molecule has 1 fully saturated rings. The monoisotopic (exact) mass is 348 g/mol. The predicted molar refractivity (Wildman–Crippen MR) is 90.4 cm³/mol. The molecular formula is C17H21FN4O3. The van der Waals surface area contributed by atoms with Gasteiger partial charge < -0.3 is 14.6 Å². The van der Waals surface area contributed by atoms with Crippen LogP contribution in [0.25, 0.3) is 11.0 Å². The lowest BCUT2D eigenvalue weighted by Crippen LogP contribution is -2.42. The van der Waals surface area contributed by atoms with Crippen LogP contribution in [0.4, 0.5) is 10.3 Å². The molecule has 1 saturated heterocycles. The van der Waals surface area contributed by atoms with E-state index < -0.39 is 17.9 Å². The minimum absolute atomic E-state index is 0.142. The Morgan fingerprint density at radius 2 is 2.24 bits per heavy atom. The Balaban J connectivity index is 1.76. The molecule has 25 heavy (non-hydrogen) atoms. The molecule has 8 heteroatoms. The van der Waals surface area contributed by atoms with Gasteiger partial charge in [-0.05, 0) is 44.4 Å². The molecule has 1 aliphatic heterocycles. The van der Waals surface area contributed by atoms with Gasteiger partial charge in [-0.1, -0.05) is 0 Å². The number of nitrogens with zero attached hydrogens (tertiary/aromatic N) is 3. The highest BCUT2D eigenvalue weighted by molar-refractivity contribution is 5.95. The van der Waals surface area contributed by atoms with Gasteiger partial charge in [-0.2, -0.15) is 0 Å². The summed E-state index contributed by atoms with van der Waals surface area (Å²) in [5.41, 5.74) is 1.18. The van der Waals surface area contributed by atoms with Gasteiger partial charge in [0.15, 0.2) is 0 Å². The molecule has 2 amide bonds. The number of nitrogens with one attached hydrogen (secondary N) is 1. The fraction of sp³-hybridized carbons (Fsp3) is 0.471. The van der Waals surface area contributed by atoms with Gasteiger partial charge in [0.25, 0.3) is 5.91 Å². The number of imidazole rings is 1. The summed E-state index contributed by atoms with van der Waals surface area (Å²) in [5, 5.41) is 12.4. The Labute approximate surface area is 144 Å². The zero-order valence-corrected chi connectivity index (χ0v) is 14.0. The van der Waals surface area contributed by atoms with E-state index in [1.165, 1.54) is 17.0 Å². The lowest BCUT2D eigenvalue weighted by molar-refractivity contribution is -0.141. The highest BCUT2D eigenvalue weighted by Crippen LogP contribution is 2.21. The van der Waals surface area contributed by atoms with Crippen LogP contribution in [0.15, 0.2) is 18.2 Å². The molecule has 134 valence electrons. The Hall–Kier alpha value is -2.48. The van der Waals surface area contributed by atoms with E-state index in [4.69, 9.17) is 0 Å². The number of carbonyl (C=O) groups excluding carboxylic acids is 2. The molecule has 0 spiro atoms. The normalized spacial score (nSPS) is 18.4. The number of amides is 2. The molecule has 7 nitrogen and oxygen atoms in total. The number of hydrogen-bond donors (Lipinski definition) is 2. The lowest BCUT2D eigenvalue weighted by Gasteiger charge is -2.21. The van der Waals surface area contributed by atoms with Gasteiger partial charge in [0, 0.05) is 13.1 Å². The molecular weight excluding hydrogens is 327 g/mol. The van der Waals surface area contributed by atoms with Gasteiger partial charge in [0.2, 0.25) is 11.9 Å². The largest absolute Gasteiger partial charge is 0.383 e. The Bertz CT molecular complexity index is 805. The maximum atomic E-state index is 13.5. The van der Waals surface area contributed by atoms with Crippen LogP contribution in [0, 0.1) is 5.82 Å². The first-order valence-electron chi connectivity index (χ1n) is 8.42. The number of rotatable bonds is 4. The van der Waals surface area contributed by atoms with Crippen LogP contribution < -0.4 is 5.32 Å². The predicted octanol–water partition coefficient (Wildman–Crippen LogP) is 1.51. The van der Waals surface area contributed by atoms with Gasteiger partial charge >= 0.3 is 0 Å². The second-order valence-electron chi connectivity index (χ2n) is 6.13. The topological polar surface area (TPSA) is 87.5 Å². The summed E-state index contributed by atoms with van der Waals surface area (Å²) in [5.74, 6) is -0.869. The van der Waals surface area contributed by atoms with Crippen LogP contribution in [-0.4, -0.2) is 50.6 Å². The minimum Gasteiger partial charge on any atom is -0.383 e. The first-order chi connectivity index (χ1) is 12.0. The van der Waals surface area contributed by atoms with Crippen LogP contribution in [0.5, 0.6) is 0 Å². The number of hydrogen-bond acceptors (Lipinski definition) is 4. The molecule has 0 aliphatic carbocycles. The van der Waals surface area contributed by atoms with Gasteiger partial charge in [-0.3, -0.25) is 14.9 Å². The van der Waals surface area contributed by atoms with E-state index in [1.54, 1.807) is 10.6 Å². The summed E-state index contributed by atoms with van der Waals surface area (Å²) >= 11 is 0. The molecule has 2 heterocycles. The van der Waals surface area contributed by atoms with Gasteiger partial charge in [0.05, 0.1) is 11.0 Å². The number of aryl methyl sites for hydroxylation is 1. The molecule has 1 unspecified atom stereocenters. The van der Waals surface area contributed by atoms with Crippen molar-refractivity contribution in [2.24, 2.45) is 0 Å². The van der Waals surface area contributed by atoms with Crippen molar-refractivity contribution in [2.45, 2.75) is 38.8 Å². The molecule has 0 bridgehead atoms. The Kier molecular flexibility index (Phi) is 4.98. The summed E-state index contributed by atoms with van der Waals surface area (Å²) in [7, 11) is 0. The number of halogens is 1. The van der Waals surface area contributed by atoms with E-state index in [1.807, 2.05) is 6.92 Å². The number of benzene rings is 1. The highest BCUT2D eigenvalue weighted by atomic mass is 19.1. The second-order valence-corrected chi connectivity index (χ2v) is 6.13. The maximum absolute atomic E-state index is 13.5. The molecule has 2 N–H and O–H groups in total. The van der Waals surface area contributed by atoms with Crippen LogP contribution in [0.1, 0.15) is 26.2 Å². The van der Waals surface area contributed by atoms with Gasteiger partial charge in [-0.25, -0.2) is 9.37 Å².